The van der Waals surface area contributed by atoms with E-state index in [4.69, 9.17) is 16.7 Å². The first kappa shape index (κ1) is 19.7. The van der Waals surface area contributed by atoms with Crippen LogP contribution in [0.1, 0.15) is 0 Å². The van der Waals surface area contributed by atoms with Gasteiger partial charge in [-0.2, -0.15) is 4.98 Å². The van der Waals surface area contributed by atoms with E-state index in [1.54, 1.807) is 6.07 Å². The Morgan fingerprint density at radius 2 is 1.93 bits per heavy atom. The van der Waals surface area contributed by atoms with Gasteiger partial charge in [0.05, 0.1) is 17.3 Å². The second kappa shape index (κ2) is 8.85. The van der Waals surface area contributed by atoms with Gasteiger partial charge in [0.15, 0.2) is 11.6 Å². The van der Waals surface area contributed by atoms with E-state index in [1.807, 2.05) is 18.2 Å². The molecular formula is C18H20ClN7O2S. The Morgan fingerprint density at radius 3 is 2.69 bits per heavy atom. The van der Waals surface area contributed by atoms with Gasteiger partial charge < -0.3 is 20.6 Å². The van der Waals surface area contributed by atoms with E-state index in [-0.39, 0.29) is 6.61 Å². The van der Waals surface area contributed by atoms with E-state index in [9.17, 15) is 4.21 Å². The summed E-state index contributed by atoms with van der Waals surface area (Å²) in [5.41, 5.74) is 1.83. The summed E-state index contributed by atoms with van der Waals surface area (Å²) in [5, 5.41) is 15.9. The van der Waals surface area contributed by atoms with Crippen LogP contribution >= 0.6 is 11.6 Å². The summed E-state index contributed by atoms with van der Waals surface area (Å²) in [6.07, 6.45) is 1.46. The van der Waals surface area contributed by atoms with Crippen LogP contribution in [0, 0.1) is 0 Å². The molecule has 4 rings (SSSR count). The predicted molar refractivity (Wildman–Crippen MR) is 116 cm³/mol. The van der Waals surface area contributed by atoms with Crippen LogP contribution in [0.5, 0.6) is 0 Å². The molecule has 11 heteroatoms. The minimum Gasteiger partial charge on any atom is -0.395 e. The second-order valence-electron chi connectivity index (χ2n) is 6.38. The molecule has 3 aromatic rings. The van der Waals surface area contributed by atoms with Crippen LogP contribution in [0.25, 0.3) is 11.0 Å². The zero-order valence-electron chi connectivity index (χ0n) is 15.5. The number of aliphatic hydroxyl groups excluding tert-OH is 1. The van der Waals surface area contributed by atoms with Gasteiger partial charge in [-0.1, -0.05) is 23.7 Å². The first-order valence-corrected chi connectivity index (χ1v) is 11.0. The van der Waals surface area contributed by atoms with Crippen LogP contribution in [0.4, 0.5) is 23.3 Å². The average molecular weight is 434 g/mol. The van der Waals surface area contributed by atoms with Crippen LogP contribution < -0.4 is 15.5 Å². The molecule has 152 valence electrons. The maximum absolute atomic E-state index is 11.8. The number of benzene rings is 1. The minimum absolute atomic E-state index is 0.0462. The Balaban J connectivity index is 1.80. The second-order valence-corrected chi connectivity index (χ2v) is 8.48. The van der Waals surface area contributed by atoms with Crippen LogP contribution in [-0.2, 0) is 10.8 Å². The average Bonchev–Trinajstić information content (AvgIpc) is 2.74. The summed E-state index contributed by atoms with van der Waals surface area (Å²) in [7, 11) is -0.806. The Hall–Kier alpha value is -2.56. The zero-order valence-corrected chi connectivity index (χ0v) is 17.1. The molecule has 9 nitrogen and oxygen atoms in total. The smallest absolute Gasteiger partial charge is 0.225 e. The summed E-state index contributed by atoms with van der Waals surface area (Å²) in [5.74, 6) is 2.68. The van der Waals surface area contributed by atoms with Gasteiger partial charge in [-0.3, -0.25) is 4.21 Å². The number of aromatic nitrogens is 4. The molecule has 0 saturated carbocycles. The van der Waals surface area contributed by atoms with Crippen molar-refractivity contribution in [3.8, 4) is 0 Å². The van der Waals surface area contributed by atoms with E-state index in [0.29, 0.717) is 70.5 Å². The van der Waals surface area contributed by atoms with Crippen molar-refractivity contribution in [2.24, 2.45) is 0 Å². The SMILES string of the molecule is O=S1CCN(c2nc(NCCO)nc3c(Nc4ccccc4Cl)ncnc23)CC1. The molecule has 0 amide bonds. The maximum atomic E-state index is 11.8. The highest BCUT2D eigenvalue weighted by molar-refractivity contribution is 7.85. The predicted octanol–water partition coefficient (Wildman–Crippen LogP) is 1.79. The number of para-hydroxylation sites is 1. The number of rotatable bonds is 6. The highest BCUT2D eigenvalue weighted by atomic mass is 35.5. The van der Waals surface area contributed by atoms with Gasteiger partial charge >= 0.3 is 0 Å². The molecule has 2 aromatic heterocycles. The lowest BCUT2D eigenvalue weighted by Gasteiger charge is -2.28. The van der Waals surface area contributed by atoms with Crippen LogP contribution in [0.3, 0.4) is 0 Å². The molecule has 0 spiro atoms. The van der Waals surface area contributed by atoms with Crippen molar-refractivity contribution in [2.75, 3.05) is 53.3 Å². The number of hydrogen-bond acceptors (Lipinski definition) is 9. The van der Waals surface area contributed by atoms with Crippen molar-refractivity contribution in [1.82, 2.24) is 19.9 Å². The van der Waals surface area contributed by atoms with E-state index in [0.717, 1.165) is 0 Å². The molecule has 0 unspecified atom stereocenters. The van der Waals surface area contributed by atoms with Crippen LogP contribution in [0.15, 0.2) is 30.6 Å². The minimum atomic E-state index is -0.806. The first-order valence-electron chi connectivity index (χ1n) is 9.14. The van der Waals surface area contributed by atoms with Gasteiger partial charge in [0.1, 0.15) is 17.4 Å². The largest absolute Gasteiger partial charge is 0.395 e. The Kier molecular flexibility index (Phi) is 6.02. The van der Waals surface area contributed by atoms with Crippen molar-refractivity contribution in [2.45, 2.75) is 0 Å². The maximum Gasteiger partial charge on any atom is 0.225 e. The van der Waals surface area contributed by atoms with Crippen LogP contribution in [0.2, 0.25) is 5.02 Å². The number of nitrogens with one attached hydrogen (secondary N) is 2. The fraction of sp³-hybridized carbons (Fsp3) is 0.333. The van der Waals surface area contributed by atoms with Gasteiger partial charge in [-0.05, 0) is 12.1 Å². The van der Waals surface area contributed by atoms with E-state index >= 15 is 0 Å². The normalized spacial score (nSPS) is 14.9. The fourth-order valence-corrected chi connectivity index (χ4v) is 4.27. The summed E-state index contributed by atoms with van der Waals surface area (Å²) >= 11 is 6.28. The third-order valence-electron chi connectivity index (χ3n) is 4.46. The highest BCUT2D eigenvalue weighted by Crippen LogP contribution is 2.31. The molecule has 1 aliphatic rings. The lowest BCUT2D eigenvalue weighted by atomic mass is 10.3. The molecule has 1 aliphatic heterocycles. The molecule has 3 heterocycles. The van der Waals surface area contributed by atoms with Crippen LogP contribution in [-0.4, -0.2) is 67.0 Å². The van der Waals surface area contributed by atoms with E-state index in [2.05, 4.69) is 35.5 Å². The number of aliphatic hydroxyl groups is 1. The lowest BCUT2D eigenvalue weighted by Crippen LogP contribution is -2.38. The van der Waals surface area contributed by atoms with Gasteiger partial charge in [-0.25, -0.2) is 15.0 Å². The molecule has 1 fully saturated rings. The third-order valence-corrected chi connectivity index (χ3v) is 6.07. The quantitative estimate of drug-likeness (QED) is 0.534. The first-order chi connectivity index (χ1) is 14.2. The molecule has 0 radical (unpaired) electrons. The van der Waals surface area contributed by atoms with Crippen molar-refractivity contribution >= 4 is 56.7 Å². The van der Waals surface area contributed by atoms with E-state index in [1.165, 1.54) is 6.33 Å². The zero-order chi connectivity index (χ0) is 20.2. The molecule has 1 saturated heterocycles. The summed E-state index contributed by atoms with van der Waals surface area (Å²) in [6.45, 7) is 1.51. The fourth-order valence-electron chi connectivity index (χ4n) is 3.03. The molecule has 3 N–H and O–H groups in total. The van der Waals surface area contributed by atoms with Crippen molar-refractivity contribution in [1.29, 1.82) is 0 Å². The molecule has 1 aromatic carbocycles. The molecule has 0 atom stereocenters. The molecule has 0 bridgehead atoms. The van der Waals surface area contributed by atoms with Crippen molar-refractivity contribution in [3.05, 3.63) is 35.6 Å². The van der Waals surface area contributed by atoms with E-state index < -0.39 is 10.8 Å². The van der Waals surface area contributed by atoms with Gasteiger partial charge in [0, 0.05) is 41.9 Å². The number of halogens is 1. The monoisotopic (exact) mass is 433 g/mol. The van der Waals surface area contributed by atoms with Gasteiger partial charge in [-0.15, -0.1) is 0 Å². The number of nitrogens with zero attached hydrogens (tertiary/aromatic N) is 5. The molecule has 0 aliphatic carbocycles. The van der Waals surface area contributed by atoms with Gasteiger partial charge in [0.25, 0.3) is 0 Å². The highest BCUT2D eigenvalue weighted by Gasteiger charge is 2.22. The number of anilines is 4. The Morgan fingerprint density at radius 1 is 1.14 bits per heavy atom. The van der Waals surface area contributed by atoms with Crippen molar-refractivity contribution < 1.29 is 9.32 Å². The molecular weight excluding hydrogens is 414 g/mol. The van der Waals surface area contributed by atoms with Gasteiger partial charge in [0.2, 0.25) is 5.95 Å². The Labute approximate surface area is 175 Å². The van der Waals surface area contributed by atoms with Crippen molar-refractivity contribution in [3.63, 3.8) is 0 Å². The standard InChI is InChI=1S/C18H20ClN7O2S/c19-12-3-1-2-4-13(12)23-16-14-15(21-11-22-16)17(25-18(24-14)20-5-8-27)26-6-9-29(28)10-7-26/h1-4,11,27H,5-10H2,(H,20,24,25)(H,21,22,23). The molecule has 29 heavy (non-hydrogen) atoms. The number of hydrogen-bond donors (Lipinski definition) is 3. The summed E-state index contributed by atoms with van der Waals surface area (Å²) in [6, 6.07) is 7.36. The third kappa shape index (κ3) is 4.39. The summed E-state index contributed by atoms with van der Waals surface area (Å²) in [4.78, 5) is 20.0. The Bertz CT molecular complexity index is 1040. The lowest BCUT2D eigenvalue weighted by molar-refractivity contribution is 0.311. The topological polar surface area (TPSA) is 116 Å². The number of fused-ring (bicyclic) bond motifs is 1. The summed E-state index contributed by atoms with van der Waals surface area (Å²) < 4.78 is 11.8.